The molecule has 0 fully saturated rings. The Morgan fingerprint density at radius 2 is 2.05 bits per heavy atom. The van der Waals surface area contributed by atoms with Crippen molar-refractivity contribution in [2.45, 2.75) is 26.4 Å². The number of benzene rings is 1. The molecule has 0 unspecified atom stereocenters. The molecular formula is C15H21NO3. The lowest BCUT2D eigenvalue weighted by Crippen LogP contribution is -2.17. The number of carboxylic acid groups (broad SMARTS) is 1. The van der Waals surface area contributed by atoms with Crippen LogP contribution in [0.25, 0.3) is 0 Å². The molecule has 0 aliphatic rings. The minimum atomic E-state index is -0.914. The largest absolute Gasteiger partial charge is 0.491 e. The third-order valence-electron chi connectivity index (χ3n) is 2.41. The summed E-state index contributed by atoms with van der Waals surface area (Å²) in [6, 6.07) is 8.04. The number of nitrogens with one attached hydrogen (secondary N) is 1. The van der Waals surface area contributed by atoms with E-state index in [0.29, 0.717) is 6.54 Å². The van der Waals surface area contributed by atoms with Gasteiger partial charge in [0, 0.05) is 12.6 Å². The highest BCUT2D eigenvalue weighted by atomic mass is 16.5. The maximum absolute atomic E-state index is 10.2. The van der Waals surface area contributed by atoms with E-state index in [2.05, 4.69) is 5.32 Å². The summed E-state index contributed by atoms with van der Waals surface area (Å²) in [4.78, 5) is 10.2. The maximum Gasteiger partial charge on any atom is 0.328 e. The summed E-state index contributed by atoms with van der Waals surface area (Å²) >= 11 is 0. The van der Waals surface area contributed by atoms with Crippen molar-refractivity contribution in [2.24, 2.45) is 0 Å². The lowest BCUT2D eigenvalue weighted by atomic mass is 10.1. The Balaban J connectivity index is 2.24. The fourth-order valence-electron chi connectivity index (χ4n) is 1.58. The Hall–Kier alpha value is -1.81. The monoisotopic (exact) mass is 263 g/mol. The van der Waals surface area contributed by atoms with Crippen molar-refractivity contribution in [3.05, 3.63) is 42.0 Å². The van der Waals surface area contributed by atoms with Crippen LogP contribution in [-0.4, -0.2) is 30.3 Å². The lowest BCUT2D eigenvalue weighted by molar-refractivity contribution is -0.131. The molecule has 0 aliphatic heterocycles. The highest BCUT2D eigenvalue weighted by Crippen LogP contribution is 2.13. The number of hydrogen-bond acceptors (Lipinski definition) is 3. The summed E-state index contributed by atoms with van der Waals surface area (Å²) in [5.41, 5.74) is 1.23. The van der Waals surface area contributed by atoms with E-state index in [0.717, 1.165) is 24.8 Å². The van der Waals surface area contributed by atoms with Crippen molar-refractivity contribution in [3.63, 3.8) is 0 Å². The molecule has 0 radical (unpaired) electrons. The number of carbonyl (C=O) groups is 1. The topological polar surface area (TPSA) is 58.6 Å². The second-order valence-electron chi connectivity index (χ2n) is 4.51. The normalized spacial score (nSPS) is 11.1. The Kier molecular flexibility index (Phi) is 6.68. The lowest BCUT2D eigenvalue weighted by Gasteiger charge is -2.10. The molecule has 0 amide bonds. The van der Waals surface area contributed by atoms with Crippen LogP contribution in [0.2, 0.25) is 0 Å². The van der Waals surface area contributed by atoms with Crippen molar-refractivity contribution < 1.29 is 14.6 Å². The fourth-order valence-corrected chi connectivity index (χ4v) is 1.58. The van der Waals surface area contributed by atoms with E-state index in [1.807, 2.05) is 38.1 Å². The molecular weight excluding hydrogens is 242 g/mol. The fraction of sp³-hybridized carbons (Fsp3) is 0.400. The molecule has 1 aromatic rings. The maximum atomic E-state index is 10.2. The second kappa shape index (κ2) is 8.32. The summed E-state index contributed by atoms with van der Waals surface area (Å²) in [5.74, 6) is -0.0290. The van der Waals surface area contributed by atoms with Gasteiger partial charge >= 0.3 is 5.97 Å². The van der Waals surface area contributed by atoms with Crippen LogP contribution < -0.4 is 10.1 Å². The Morgan fingerprint density at radius 3 is 2.63 bits per heavy atom. The molecule has 4 heteroatoms. The number of hydrogen-bond donors (Lipinski definition) is 2. The molecule has 1 rings (SSSR count). The van der Waals surface area contributed by atoms with E-state index in [9.17, 15) is 4.79 Å². The molecule has 4 nitrogen and oxygen atoms in total. The molecule has 0 aliphatic carbocycles. The number of aliphatic carboxylic acids is 1. The highest BCUT2D eigenvalue weighted by Gasteiger charge is 1.98. The van der Waals surface area contributed by atoms with Crippen molar-refractivity contribution in [1.82, 2.24) is 5.32 Å². The molecule has 0 bridgehead atoms. The molecule has 0 aromatic heterocycles. The predicted molar refractivity (Wildman–Crippen MR) is 75.6 cm³/mol. The summed E-state index contributed by atoms with van der Waals surface area (Å²) in [6.07, 6.45) is 3.84. The van der Waals surface area contributed by atoms with Crippen LogP contribution >= 0.6 is 0 Å². The van der Waals surface area contributed by atoms with Crippen LogP contribution in [0.1, 0.15) is 19.4 Å². The third kappa shape index (κ3) is 7.26. The van der Waals surface area contributed by atoms with Gasteiger partial charge in [-0.25, -0.2) is 4.79 Å². The second-order valence-corrected chi connectivity index (χ2v) is 4.51. The van der Waals surface area contributed by atoms with Crippen LogP contribution in [-0.2, 0) is 11.2 Å². The van der Waals surface area contributed by atoms with Crippen LogP contribution in [0.5, 0.6) is 5.75 Å². The predicted octanol–water partition coefficient (Wildman–Crippen LogP) is 2.25. The molecule has 0 saturated heterocycles. The van der Waals surface area contributed by atoms with Crippen molar-refractivity contribution in [2.75, 3.05) is 13.1 Å². The number of rotatable bonds is 8. The molecule has 0 atom stereocenters. The first kappa shape index (κ1) is 15.2. The van der Waals surface area contributed by atoms with E-state index in [1.165, 1.54) is 5.56 Å². The minimum Gasteiger partial charge on any atom is -0.491 e. The van der Waals surface area contributed by atoms with E-state index in [-0.39, 0.29) is 6.10 Å². The quantitative estimate of drug-likeness (QED) is 0.558. The summed E-state index contributed by atoms with van der Waals surface area (Å²) < 4.78 is 5.57. The van der Waals surface area contributed by atoms with E-state index >= 15 is 0 Å². The molecule has 19 heavy (non-hydrogen) atoms. The van der Waals surface area contributed by atoms with Gasteiger partial charge in [0.1, 0.15) is 5.75 Å². The van der Waals surface area contributed by atoms with Crippen LogP contribution in [0.3, 0.4) is 0 Å². The molecule has 0 saturated carbocycles. The Labute approximate surface area is 114 Å². The van der Waals surface area contributed by atoms with Gasteiger partial charge in [-0.1, -0.05) is 18.2 Å². The third-order valence-corrected chi connectivity index (χ3v) is 2.41. The summed E-state index contributed by atoms with van der Waals surface area (Å²) in [7, 11) is 0. The summed E-state index contributed by atoms with van der Waals surface area (Å²) in [6.45, 7) is 5.39. The average Bonchev–Trinajstić information content (AvgIpc) is 2.34. The van der Waals surface area contributed by atoms with Gasteiger partial charge in [0.25, 0.3) is 0 Å². The zero-order valence-corrected chi connectivity index (χ0v) is 11.4. The smallest absolute Gasteiger partial charge is 0.328 e. The zero-order valence-electron chi connectivity index (χ0n) is 11.4. The summed E-state index contributed by atoms with van der Waals surface area (Å²) in [5, 5.41) is 11.6. The van der Waals surface area contributed by atoms with Crippen molar-refractivity contribution in [3.8, 4) is 5.75 Å². The highest BCUT2D eigenvalue weighted by molar-refractivity contribution is 5.79. The molecule has 1 aromatic carbocycles. The average molecular weight is 263 g/mol. The Bertz CT molecular complexity index is 410. The molecule has 2 N–H and O–H groups in total. The van der Waals surface area contributed by atoms with Crippen molar-refractivity contribution in [1.29, 1.82) is 0 Å². The van der Waals surface area contributed by atoms with Gasteiger partial charge in [0.15, 0.2) is 0 Å². The van der Waals surface area contributed by atoms with E-state index < -0.39 is 5.97 Å². The SMILES string of the molecule is CC(C)Oc1ccc(CCNC/C=C/C(=O)O)cc1. The van der Waals surface area contributed by atoms with Gasteiger partial charge in [-0.15, -0.1) is 0 Å². The van der Waals surface area contributed by atoms with E-state index in [1.54, 1.807) is 6.08 Å². The molecule has 104 valence electrons. The number of ether oxygens (including phenoxy) is 1. The molecule has 0 heterocycles. The van der Waals surface area contributed by atoms with Crippen LogP contribution in [0.15, 0.2) is 36.4 Å². The van der Waals surface area contributed by atoms with Gasteiger partial charge in [-0.3, -0.25) is 0 Å². The minimum absolute atomic E-state index is 0.188. The van der Waals surface area contributed by atoms with Crippen LogP contribution in [0.4, 0.5) is 0 Å². The standard InChI is InChI=1S/C15H21NO3/c1-12(2)19-14-7-5-13(6-8-14)9-11-16-10-3-4-15(17)18/h3-8,12,16H,9-11H2,1-2H3,(H,17,18)/b4-3+. The van der Waals surface area contributed by atoms with E-state index in [4.69, 9.17) is 9.84 Å². The van der Waals surface area contributed by atoms with Gasteiger partial charge < -0.3 is 15.2 Å². The van der Waals surface area contributed by atoms with Gasteiger partial charge in [0.2, 0.25) is 0 Å². The first-order chi connectivity index (χ1) is 9.08. The first-order valence-electron chi connectivity index (χ1n) is 6.43. The Morgan fingerprint density at radius 1 is 1.37 bits per heavy atom. The van der Waals surface area contributed by atoms with Gasteiger partial charge in [-0.2, -0.15) is 0 Å². The zero-order chi connectivity index (χ0) is 14.1. The van der Waals surface area contributed by atoms with Crippen LogP contribution in [0, 0.1) is 0 Å². The van der Waals surface area contributed by atoms with Gasteiger partial charge in [0.05, 0.1) is 6.10 Å². The molecule has 0 spiro atoms. The van der Waals surface area contributed by atoms with Gasteiger partial charge in [-0.05, 0) is 44.5 Å². The first-order valence-corrected chi connectivity index (χ1v) is 6.43. The van der Waals surface area contributed by atoms with Crippen molar-refractivity contribution >= 4 is 5.97 Å². The number of carboxylic acids is 1.